The number of nitrogens with zero attached hydrogens (tertiary/aromatic N) is 3. The first kappa shape index (κ1) is 12.5. The molecule has 0 amide bonds. The molecule has 0 saturated carbocycles. The van der Waals surface area contributed by atoms with E-state index in [0.717, 1.165) is 16.8 Å². The van der Waals surface area contributed by atoms with Crippen LogP contribution in [-0.2, 0) is 0 Å². The van der Waals surface area contributed by atoms with E-state index in [2.05, 4.69) is 16.9 Å². The van der Waals surface area contributed by atoms with Crippen LogP contribution in [0.4, 0.5) is 4.39 Å². The molecule has 2 heterocycles. The van der Waals surface area contributed by atoms with Gasteiger partial charge >= 0.3 is 0 Å². The average Bonchev–Trinajstić information content (AvgIpc) is 3.02. The van der Waals surface area contributed by atoms with Crippen molar-refractivity contribution in [1.82, 2.24) is 14.5 Å². The summed E-state index contributed by atoms with van der Waals surface area (Å²) in [5.74, 6) is -0.230. The minimum atomic E-state index is -0.230. The number of halogens is 1. The van der Waals surface area contributed by atoms with Crippen LogP contribution >= 0.6 is 0 Å². The lowest BCUT2D eigenvalue weighted by atomic mass is 10.1. The fourth-order valence-electron chi connectivity index (χ4n) is 2.12. The fraction of sp³-hybridized carbons (Fsp3) is 0.125. The van der Waals surface area contributed by atoms with Crippen molar-refractivity contribution in [2.75, 3.05) is 0 Å². The third kappa shape index (κ3) is 2.45. The van der Waals surface area contributed by atoms with Gasteiger partial charge in [-0.15, -0.1) is 0 Å². The van der Waals surface area contributed by atoms with Crippen molar-refractivity contribution in [2.24, 2.45) is 0 Å². The van der Waals surface area contributed by atoms with E-state index in [1.54, 1.807) is 24.7 Å². The summed E-state index contributed by atoms with van der Waals surface area (Å²) < 4.78 is 14.9. The molecule has 3 nitrogen and oxygen atoms in total. The Morgan fingerprint density at radius 1 is 1.05 bits per heavy atom. The zero-order valence-corrected chi connectivity index (χ0v) is 11.1. The smallest absolute Gasteiger partial charge is 0.123 e. The van der Waals surface area contributed by atoms with Crippen molar-refractivity contribution in [3.63, 3.8) is 0 Å². The number of benzene rings is 1. The third-order valence-corrected chi connectivity index (χ3v) is 3.36. The molecule has 20 heavy (non-hydrogen) atoms. The third-order valence-electron chi connectivity index (χ3n) is 3.36. The van der Waals surface area contributed by atoms with Gasteiger partial charge in [-0.3, -0.25) is 4.98 Å². The van der Waals surface area contributed by atoms with Crippen LogP contribution in [0, 0.1) is 5.82 Å². The second kappa shape index (κ2) is 5.25. The maximum atomic E-state index is 12.9. The molecule has 0 saturated heterocycles. The largest absolute Gasteiger partial charge is 0.329 e. The molecule has 1 atom stereocenters. The summed E-state index contributed by atoms with van der Waals surface area (Å²) in [5, 5.41) is 0. The van der Waals surface area contributed by atoms with Crippen LogP contribution in [0.25, 0.3) is 11.1 Å². The second-order valence-electron chi connectivity index (χ2n) is 4.66. The maximum absolute atomic E-state index is 12.9. The van der Waals surface area contributed by atoms with Gasteiger partial charge in [-0.2, -0.15) is 0 Å². The molecule has 0 bridgehead atoms. The van der Waals surface area contributed by atoms with E-state index in [9.17, 15) is 4.39 Å². The normalized spacial score (nSPS) is 12.3. The molecular weight excluding hydrogens is 253 g/mol. The monoisotopic (exact) mass is 267 g/mol. The van der Waals surface area contributed by atoms with Crippen LogP contribution < -0.4 is 0 Å². The molecule has 0 spiro atoms. The highest BCUT2D eigenvalue weighted by atomic mass is 19.1. The van der Waals surface area contributed by atoms with Crippen LogP contribution in [0.2, 0.25) is 0 Å². The molecule has 2 aromatic heterocycles. The lowest BCUT2D eigenvalue weighted by Crippen LogP contribution is -2.06. The van der Waals surface area contributed by atoms with E-state index < -0.39 is 0 Å². The van der Waals surface area contributed by atoms with Crippen molar-refractivity contribution in [2.45, 2.75) is 13.0 Å². The van der Waals surface area contributed by atoms with Crippen molar-refractivity contribution < 1.29 is 4.39 Å². The molecule has 1 aromatic carbocycles. The number of hydrogen-bond donors (Lipinski definition) is 0. The lowest BCUT2D eigenvalue weighted by molar-refractivity contribution is 0.620. The van der Waals surface area contributed by atoms with Gasteiger partial charge in [0, 0.05) is 24.2 Å². The molecule has 0 aliphatic rings. The van der Waals surface area contributed by atoms with E-state index in [1.165, 1.54) is 12.1 Å². The predicted octanol–water partition coefficient (Wildman–Crippen LogP) is 3.69. The Hall–Kier alpha value is -2.49. The standard InChI is InChI=1S/C16H14FN3/c1-12(20-9-8-18-11-20)16-7-4-14(10-19-16)13-2-5-15(17)6-3-13/h2-12H,1H3. The van der Waals surface area contributed by atoms with Crippen LogP contribution in [0.3, 0.4) is 0 Å². The summed E-state index contributed by atoms with van der Waals surface area (Å²) in [4.78, 5) is 8.53. The van der Waals surface area contributed by atoms with Gasteiger partial charge in [-0.05, 0) is 30.7 Å². The Balaban J connectivity index is 1.86. The summed E-state index contributed by atoms with van der Waals surface area (Å²) in [5.41, 5.74) is 2.90. The van der Waals surface area contributed by atoms with Gasteiger partial charge < -0.3 is 4.57 Å². The highest BCUT2D eigenvalue weighted by molar-refractivity contribution is 5.62. The SMILES string of the molecule is CC(c1ccc(-c2ccc(F)cc2)cn1)n1ccnc1. The molecule has 0 fully saturated rings. The van der Waals surface area contributed by atoms with Crippen molar-refractivity contribution in [3.05, 3.63) is 72.8 Å². The highest BCUT2D eigenvalue weighted by Crippen LogP contribution is 2.21. The van der Waals surface area contributed by atoms with Crippen LogP contribution in [0.5, 0.6) is 0 Å². The van der Waals surface area contributed by atoms with Gasteiger partial charge in [-0.1, -0.05) is 18.2 Å². The lowest BCUT2D eigenvalue weighted by Gasteiger charge is -2.12. The van der Waals surface area contributed by atoms with Gasteiger partial charge in [0.05, 0.1) is 18.1 Å². The van der Waals surface area contributed by atoms with Crippen LogP contribution in [0.15, 0.2) is 61.3 Å². The Morgan fingerprint density at radius 3 is 2.40 bits per heavy atom. The number of aromatic nitrogens is 3. The van der Waals surface area contributed by atoms with Crippen LogP contribution in [0.1, 0.15) is 18.7 Å². The molecule has 3 aromatic rings. The molecule has 0 N–H and O–H groups in total. The molecular formula is C16H14FN3. The summed E-state index contributed by atoms with van der Waals surface area (Å²) in [6.07, 6.45) is 7.26. The highest BCUT2D eigenvalue weighted by Gasteiger charge is 2.08. The zero-order chi connectivity index (χ0) is 13.9. The van der Waals surface area contributed by atoms with Crippen LogP contribution in [-0.4, -0.2) is 14.5 Å². The van der Waals surface area contributed by atoms with Gasteiger partial charge in [-0.25, -0.2) is 9.37 Å². The summed E-state index contributed by atoms with van der Waals surface area (Å²) in [6, 6.07) is 10.6. The van der Waals surface area contributed by atoms with E-state index in [0.29, 0.717) is 0 Å². The quantitative estimate of drug-likeness (QED) is 0.724. The molecule has 0 aliphatic carbocycles. The maximum Gasteiger partial charge on any atom is 0.123 e. The second-order valence-corrected chi connectivity index (χ2v) is 4.66. The van der Waals surface area contributed by atoms with Gasteiger partial charge in [0.25, 0.3) is 0 Å². The molecule has 0 radical (unpaired) electrons. The number of hydrogen-bond acceptors (Lipinski definition) is 2. The number of imidazole rings is 1. The van der Waals surface area contributed by atoms with Gasteiger partial charge in [0.1, 0.15) is 5.82 Å². The Bertz CT molecular complexity index is 673. The minimum absolute atomic E-state index is 0.139. The Kier molecular flexibility index (Phi) is 3.29. The minimum Gasteiger partial charge on any atom is -0.329 e. The Morgan fingerprint density at radius 2 is 1.80 bits per heavy atom. The first-order valence-corrected chi connectivity index (χ1v) is 6.43. The average molecular weight is 267 g/mol. The topological polar surface area (TPSA) is 30.7 Å². The molecule has 1 unspecified atom stereocenters. The molecule has 3 rings (SSSR count). The van der Waals surface area contributed by atoms with E-state index in [4.69, 9.17) is 0 Å². The first-order valence-electron chi connectivity index (χ1n) is 6.43. The molecule has 100 valence electrons. The predicted molar refractivity (Wildman–Crippen MR) is 75.7 cm³/mol. The molecule has 0 aliphatic heterocycles. The number of rotatable bonds is 3. The van der Waals surface area contributed by atoms with Crippen molar-refractivity contribution in [1.29, 1.82) is 0 Å². The molecule has 4 heteroatoms. The Labute approximate surface area is 116 Å². The first-order chi connectivity index (χ1) is 9.74. The summed E-state index contributed by atoms with van der Waals surface area (Å²) in [7, 11) is 0. The zero-order valence-electron chi connectivity index (χ0n) is 11.1. The van der Waals surface area contributed by atoms with Crippen molar-refractivity contribution >= 4 is 0 Å². The summed E-state index contributed by atoms with van der Waals surface area (Å²) >= 11 is 0. The fourth-order valence-corrected chi connectivity index (χ4v) is 2.12. The van der Waals surface area contributed by atoms with E-state index >= 15 is 0 Å². The summed E-state index contributed by atoms with van der Waals surface area (Å²) in [6.45, 7) is 2.07. The van der Waals surface area contributed by atoms with Gasteiger partial charge in [0.2, 0.25) is 0 Å². The number of pyridine rings is 1. The van der Waals surface area contributed by atoms with Crippen molar-refractivity contribution in [3.8, 4) is 11.1 Å². The van der Waals surface area contributed by atoms with Gasteiger partial charge in [0.15, 0.2) is 0 Å². The van der Waals surface area contributed by atoms with E-state index in [1.807, 2.05) is 29.1 Å². The van der Waals surface area contributed by atoms with E-state index in [-0.39, 0.29) is 11.9 Å².